The summed E-state index contributed by atoms with van der Waals surface area (Å²) >= 11 is 0. The molecule has 1 N–H and O–H groups in total. The van der Waals surface area contributed by atoms with Crippen LogP contribution in [0.5, 0.6) is 0 Å². The van der Waals surface area contributed by atoms with Crippen LogP contribution in [0, 0.1) is 10.1 Å². The first-order valence-electron chi connectivity index (χ1n) is 5.53. The lowest BCUT2D eigenvalue weighted by atomic mass is 9.86. The minimum atomic E-state index is -0.693. The van der Waals surface area contributed by atoms with Gasteiger partial charge in [0.2, 0.25) is 5.91 Å². The second-order valence-electron chi connectivity index (χ2n) is 4.07. The van der Waals surface area contributed by atoms with Crippen molar-refractivity contribution >= 4 is 17.3 Å². The van der Waals surface area contributed by atoms with E-state index >= 15 is 0 Å². The van der Waals surface area contributed by atoms with Crippen LogP contribution in [-0.4, -0.2) is 10.8 Å². The number of nitro benzene ring substituents is 1. The minimum Gasteiger partial charge on any atom is -0.325 e. The maximum absolute atomic E-state index is 11.6. The van der Waals surface area contributed by atoms with Gasteiger partial charge in [0.05, 0.1) is 10.3 Å². The SMILES string of the molecule is CC.CC1(C)C(=O)Nc2ccc([N+](=O)[O-])cc21. The summed E-state index contributed by atoms with van der Waals surface area (Å²) in [6.07, 6.45) is 0. The first kappa shape index (κ1) is 13.2. The van der Waals surface area contributed by atoms with E-state index in [1.165, 1.54) is 12.1 Å². The average Bonchev–Trinajstić information content (AvgIpc) is 2.52. The molecule has 1 aliphatic heterocycles. The van der Waals surface area contributed by atoms with Gasteiger partial charge in [-0.15, -0.1) is 0 Å². The summed E-state index contributed by atoms with van der Waals surface area (Å²) in [7, 11) is 0. The van der Waals surface area contributed by atoms with E-state index in [0.29, 0.717) is 11.3 Å². The quantitative estimate of drug-likeness (QED) is 0.602. The Bertz CT molecular complexity index is 467. The number of non-ortho nitro benzene ring substituents is 1. The molecule has 0 saturated carbocycles. The largest absolute Gasteiger partial charge is 0.325 e. The van der Waals surface area contributed by atoms with Crippen molar-refractivity contribution in [2.45, 2.75) is 33.1 Å². The summed E-state index contributed by atoms with van der Waals surface area (Å²) in [6, 6.07) is 4.41. The number of fused-ring (bicyclic) bond motifs is 1. The van der Waals surface area contributed by atoms with Gasteiger partial charge in [-0.25, -0.2) is 0 Å². The molecule has 0 spiro atoms. The molecular weight excluding hydrogens is 220 g/mol. The number of nitro groups is 1. The van der Waals surface area contributed by atoms with Crippen molar-refractivity contribution in [2.24, 2.45) is 0 Å². The molecule has 0 fully saturated rings. The highest BCUT2D eigenvalue weighted by molar-refractivity contribution is 6.05. The highest BCUT2D eigenvalue weighted by Crippen LogP contribution is 2.38. The zero-order chi connectivity index (χ0) is 13.2. The number of rotatable bonds is 1. The first-order valence-corrected chi connectivity index (χ1v) is 5.53. The van der Waals surface area contributed by atoms with Crippen molar-refractivity contribution in [1.82, 2.24) is 0 Å². The monoisotopic (exact) mass is 236 g/mol. The number of hydrogen-bond donors (Lipinski definition) is 1. The number of anilines is 1. The fraction of sp³-hybridized carbons (Fsp3) is 0.417. The molecule has 1 aromatic rings. The molecular formula is C12H16N2O3. The molecule has 5 heteroatoms. The Hall–Kier alpha value is -1.91. The number of carbonyl (C=O) groups is 1. The Morgan fingerprint density at radius 2 is 1.88 bits per heavy atom. The lowest BCUT2D eigenvalue weighted by Crippen LogP contribution is -2.26. The number of nitrogens with zero attached hydrogens (tertiary/aromatic N) is 1. The van der Waals surface area contributed by atoms with Gasteiger partial charge in [-0.3, -0.25) is 14.9 Å². The van der Waals surface area contributed by atoms with E-state index in [4.69, 9.17) is 0 Å². The van der Waals surface area contributed by atoms with Crippen LogP contribution >= 0.6 is 0 Å². The van der Waals surface area contributed by atoms with Crippen LogP contribution in [0.4, 0.5) is 11.4 Å². The number of amides is 1. The summed E-state index contributed by atoms with van der Waals surface area (Å²) in [5.41, 5.74) is 0.664. The molecule has 1 heterocycles. The molecule has 0 bridgehead atoms. The zero-order valence-corrected chi connectivity index (χ0v) is 10.4. The van der Waals surface area contributed by atoms with Crippen molar-refractivity contribution in [3.63, 3.8) is 0 Å². The van der Waals surface area contributed by atoms with Crippen molar-refractivity contribution < 1.29 is 9.72 Å². The van der Waals surface area contributed by atoms with Gasteiger partial charge in [0.1, 0.15) is 0 Å². The zero-order valence-electron chi connectivity index (χ0n) is 10.4. The van der Waals surface area contributed by atoms with E-state index in [1.54, 1.807) is 19.9 Å². The maximum Gasteiger partial charge on any atom is 0.269 e. The maximum atomic E-state index is 11.6. The number of hydrogen-bond acceptors (Lipinski definition) is 3. The van der Waals surface area contributed by atoms with Crippen molar-refractivity contribution in [2.75, 3.05) is 5.32 Å². The van der Waals surface area contributed by atoms with E-state index < -0.39 is 10.3 Å². The third-order valence-electron chi connectivity index (χ3n) is 2.70. The van der Waals surface area contributed by atoms with Crippen LogP contribution in [0.25, 0.3) is 0 Å². The van der Waals surface area contributed by atoms with Crippen molar-refractivity contribution in [3.05, 3.63) is 33.9 Å². The number of benzene rings is 1. The van der Waals surface area contributed by atoms with Gasteiger partial charge in [-0.2, -0.15) is 0 Å². The highest BCUT2D eigenvalue weighted by atomic mass is 16.6. The fourth-order valence-corrected chi connectivity index (χ4v) is 1.67. The van der Waals surface area contributed by atoms with E-state index in [-0.39, 0.29) is 11.6 Å². The molecule has 92 valence electrons. The lowest BCUT2D eigenvalue weighted by molar-refractivity contribution is -0.384. The standard InChI is InChI=1S/C10H10N2O3.C2H6/c1-10(2)7-5-6(12(14)15)3-4-8(7)11-9(10)13;1-2/h3-5H,1-2H3,(H,11,13);1-2H3. The Balaban J connectivity index is 0.000000686. The van der Waals surface area contributed by atoms with Crippen molar-refractivity contribution in [1.29, 1.82) is 0 Å². The molecule has 0 radical (unpaired) electrons. The van der Waals surface area contributed by atoms with Gasteiger partial charge in [0.25, 0.3) is 5.69 Å². The predicted octanol–water partition coefficient (Wildman–Crippen LogP) is 2.85. The Labute approximate surface area is 100.0 Å². The normalized spacial score (nSPS) is 15.4. The van der Waals surface area contributed by atoms with Gasteiger partial charge >= 0.3 is 0 Å². The first-order chi connectivity index (χ1) is 7.93. The molecule has 1 amide bonds. The van der Waals surface area contributed by atoms with E-state index in [1.807, 2.05) is 13.8 Å². The van der Waals surface area contributed by atoms with E-state index in [0.717, 1.165) is 0 Å². The Morgan fingerprint density at radius 3 is 2.41 bits per heavy atom. The summed E-state index contributed by atoms with van der Waals surface area (Å²) in [4.78, 5) is 21.7. The van der Waals surface area contributed by atoms with Crippen LogP contribution in [0.15, 0.2) is 18.2 Å². The summed E-state index contributed by atoms with van der Waals surface area (Å²) in [5.74, 6) is -0.127. The van der Waals surface area contributed by atoms with Crippen molar-refractivity contribution in [3.8, 4) is 0 Å². The smallest absolute Gasteiger partial charge is 0.269 e. The molecule has 1 aliphatic rings. The minimum absolute atomic E-state index is 0.0123. The highest BCUT2D eigenvalue weighted by Gasteiger charge is 2.39. The molecule has 0 aliphatic carbocycles. The van der Waals surface area contributed by atoms with E-state index in [9.17, 15) is 14.9 Å². The Kier molecular flexibility index (Phi) is 3.50. The number of nitrogens with one attached hydrogen (secondary N) is 1. The number of carbonyl (C=O) groups excluding carboxylic acids is 1. The van der Waals surface area contributed by atoms with E-state index in [2.05, 4.69) is 5.32 Å². The second-order valence-corrected chi connectivity index (χ2v) is 4.07. The topological polar surface area (TPSA) is 72.2 Å². The molecule has 0 saturated heterocycles. The lowest BCUT2D eigenvalue weighted by Gasteiger charge is -2.14. The average molecular weight is 236 g/mol. The fourth-order valence-electron chi connectivity index (χ4n) is 1.67. The van der Waals surface area contributed by atoms with Crippen LogP contribution in [0.2, 0.25) is 0 Å². The van der Waals surface area contributed by atoms with Gasteiger partial charge in [0.15, 0.2) is 0 Å². The van der Waals surface area contributed by atoms with Gasteiger partial charge in [0, 0.05) is 17.8 Å². The molecule has 0 atom stereocenters. The summed E-state index contributed by atoms with van der Waals surface area (Å²) in [6.45, 7) is 7.50. The second kappa shape index (κ2) is 4.53. The van der Waals surface area contributed by atoms with Crippen LogP contribution < -0.4 is 5.32 Å². The Morgan fingerprint density at radius 1 is 1.29 bits per heavy atom. The van der Waals surface area contributed by atoms with Crippen LogP contribution in [0.1, 0.15) is 33.3 Å². The molecule has 0 aromatic heterocycles. The predicted molar refractivity (Wildman–Crippen MR) is 66.1 cm³/mol. The van der Waals surface area contributed by atoms with Gasteiger partial charge in [-0.05, 0) is 25.5 Å². The molecule has 5 nitrogen and oxygen atoms in total. The van der Waals surface area contributed by atoms with Crippen LogP contribution in [-0.2, 0) is 10.2 Å². The molecule has 17 heavy (non-hydrogen) atoms. The third kappa shape index (κ3) is 2.13. The van der Waals surface area contributed by atoms with Gasteiger partial charge in [-0.1, -0.05) is 13.8 Å². The molecule has 1 aromatic carbocycles. The summed E-state index contributed by atoms with van der Waals surface area (Å²) in [5, 5.41) is 13.3. The molecule has 2 rings (SSSR count). The molecule has 0 unspecified atom stereocenters. The third-order valence-corrected chi connectivity index (χ3v) is 2.70. The van der Waals surface area contributed by atoms with Gasteiger partial charge < -0.3 is 5.32 Å². The van der Waals surface area contributed by atoms with Crippen LogP contribution in [0.3, 0.4) is 0 Å². The summed E-state index contributed by atoms with van der Waals surface area (Å²) < 4.78 is 0.